The average molecular weight is 322 g/mol. The van der Waals surface area contributed by atoms with E-state index in [0.29, 0.717) is 0 Å². The van der Waals surface area contributed by atoms with E-state index in [-0.39, 0.29) is 11.8 Å². The summed E-state index contributed by atoms with van der Waals surface area (Å²) in [5, 5.41) is 2.73. The zero-order valence-corrected chi connectivity index (χ0v) is 13.5. The smallest absolute Gasteiger partial charge is 0.304 e. The van der Waals surface area contributed by atoms with Gasteiger partial charge >= 0.3 is 5.97 Å². The fourth-order valence-electron chi connectivity index (χ4n) is 2.95. The van der Waals surface area contributed by atoms with Gasteiger partial charge in [0.2, 0.25) is 5.91 Å². The molecule has 3 rings (SSSR count). The molecule has 1 amide bonds. The molecule has 1 aliphatic rings. The lowest BCUT2D eigenvalue weighted by atomic mass is 9.83. The van der Waals surface area contributed by atoms with Crippen LogP contribution in [0, 0.1) is 6.92 Å². The number of nitrogens with one attached hydrogen (secondary N) is 1. The van der Waals surface area contributed by atoms with Crippen molar-refractivity contribution in [1.82, 2.24) is 10.3 Å². The second-order valence-electron chi connectivity index (χ2n) is 5.77. The molecule has 2 atom stereocenters. The molecule has 1 aromatic heterocycles. The fraction of sp³-hybridized carbons (Fsp3) is 0.211. The minimum Gasteiger partial charge on any atom is -0.441 e. The van der Waals surface area contributed by atoms with Crippen molar-refractivity contribution in [2.75, 3.05) is 0 Å². The van der Waals surface area contributed by atoms with Crippen molar-refractivity contribution in [3.05, 3.63) is 71.6 Å². The van der Waals surface area contributed by atoms with E-state index in [1.165, 1.54) is 6.92 Å². The molecule has 0 fully saturated rings. The number of aromatic nitrogens is 1. The number of nitrogens with zero attached hydrogens (tertiary/aromatic N) is 1. The number of ether oxygens (including phenoxy) is 1. The molecule has 1 N–H and O–H groups in total. The van der Waals surface area contributed by atoms with Crippen molar-refractivity contribution in [3.63, 3.8) is 0 Å². The Hall–Kier alpha value is -2.95. The highest BCUT2D eigenvalue weighted by molar-refractivity contribution is 5.99. The monoisotopic (exact) mass is 322 g/mol. The topological polar surface area (TPSA) is 68.3 Å². The van der Waals surface area contributed by atoms with E-state index in [9.17, 15) is 9.59 Å². The number of aryl methyl sites for hydroxylation is 1. The Morgan fingerprint density at radius 3 is 2.62 bits per heavy atom. The number of carbonyl (C=O) groups excluding carboxylic acids is 2. The lowest BCUT2D eigenvalue weighted by Gasteiger charge is -2.33. The number of rotatable bonds is 3. The Labute approximate surface area is 140 Å². The second kappa shape index (κ2) is 6.66. The van der Waals surface area contributed by atoms with Gasteiger partial charge in [-0.25, -0.2) is 0 Å². The predicted octanol–water partition coefficient (Wildman–Crippen LogP) is 2.58. The molecular formula is C19H18N2O3. The molecule has 0 bridgehead atoms. The summed E-state index contributed by atoms with van der Waals surface area (Å²) in [6.07, 6.45) is 4.19. The lowest BCUT2D eigenvalue weighted by Crippen LogP contribution is -2.45. The molecule has 0 radical (unpaired) electrons. The standard InChI is InChI=1S/C19H18N2O3/c1-12-4-3-5-15(10-12)16-11-17(23)21-19(24-13(2)22)18(16)14-6-8-20-9-7-14/h3-11,18-19H,1-2H3,(H,21,23). The van der Waals surface area contributed by atoms with Gasteiger partial charge in [-0.15, -0.1) is 0 Å². The van der Waals surface area contributed by atoms with Gasteiger partial charge in [-0.05, 0) is 35.8 Å². The summed E-state index contributed by atoms with van der Waals surface area (Å²) in [4.78, 5) is 27.6. The molecule has 5 heteroatoms. The van der Waals surface area contributed by atoms with Crippen molar-refractivity contribution >= 4 is 17.4 Å². The fourth-order valence-corrected chi connectivity index (χ4v) is 2.95. The molecule has 2 aromatic rings. The molecule has 0 spiro atoms. The number of hydrogen-bond acceptors (Lipinski definition) is 4. The van der Waals surface area contributed by atoms with Crippen LogP contribution in [-0.2, 0) is 14.3 Å². The molecular weight excluding hydrogens is 304 g/mol. The maximum atomic E-state index is 12.1. The Morgan fingerprint density at radius 1 is 1.21 bits per heavy atom. The third kappa shape index (κ3) is 3.35. The third-order valence-electron chi connectivity index (χ3n) is 3.92. The summed E-state index contributed by atoms with van der Waals surface area (Å²) >= 11 is 0. The molecule has 1 aliphatic heterocycles. The van der Waals surface area contributed by atoms with Crippen LogP contribution in [0.15, 0.2) is 54.9 Å². The Kier molecular flexibility index (Phi) is 4.42. The first-order valence-corrected chi connectivity index (χ1v) is 7.71. The molecule has 2 unspecified atom stereocenters. The average Bonchev–Trinajstić information content (AvgIpc) is 2.54. The van der Waals surface area contributed by atoms with Crippen LogP contribution in [0.2, 0.25) is 0 Å². The molecule has 24 heavy (non-hydrogen) atoms. The highest BCUT2D eigenvalue weighted by atomic mass is 16.6. The van der Waals surface area contributed by atoms with Crippen LogP contribution in [-0.4, -0.2) is 23.1 Å². The van der Waals surface area contributed by atoms with E-state index in [4.69, 9.17) is 4.74 Å². The first-order valence-electron chi connectivity index (χ1n) is 7.71. The first kappa shape index (κ1) is 15.9. The van der Waals surface area contributed by atoms with Gasteiger partial charge in [0.15, 0.2) is 6.23 Å². The molecule has 0 saturated carbocycles. The predicted molar refractivity (Wildman–Crippen MR) is 89.8 cm³/mol. The summed E-state index contributed by atoms with van der Waals surface area (Å²) in [6, 6.07) is 11.6. The van der Waals surface area contributed by atoms with Gasteiger partial charge in [0.05, 0.1) is 5.92 Å². The number of pyridine rings is 1. The van der Waals surface area contributed by atoms with Gasteiger partial charge in [0.1, 0.15) is 0 Å². The van der Waals surface area contributed by atoms with Crippen LogP contribution < -0.4 is 5.32 Å². The van der Waals surface area contributed by atoms with E-state index in [0.717, 1.165) is 22.3 Å². The summed E-state index contributed by atoms with van der Waals surface area (Å²) in [5.41, 5.74) is 3.77. The van der Waals surface area contributed by atoms with E-state index in [2.05, 4.69) is 10.3 Å². The van der Waals surface area contributed by atoms with Gasteiger partial charge in [0, 0.05) is 25.4 Å². The van der Waals surface area contributed by atoms with Crippen LogP contribution in [0.5, 0.6) is 0 Å². The molecule has 5 nitrogen and oxygen atoms in total. The van der Waals surface area contributed by atoms with Gasteiger partial charge in [-0.3, -0.25) is 14.6 Å². The van der Waals surface area contributed by atoms with Crippen molar-refractivity contribution in [1.29, 1.82) is 0 Å². The number of amides is 1. The Balaban J connectivity index is 2.11. The normalized spacial score (nSPS) is 20.1. The zero-order valence-electron chi connectivity index (χ0n) is 13.5. The summed E-state index contributed by atoms with van der Waals surface area (Å²) in [5.74, 6) is -1.01. The van der Waals surface area contributed by atoms with Gasteiger partial charge in [-0.1, -0.05) is 29.8 Å². The van der Waals surface area contributed by atoms with Crippen LogP contribution in [0.25, 0.3) is 5.57 Å². The first-order chi connectivity index (χ1) is 11.5. The summed E-state index contributed by atoms with van der Waals surface area (Å²) in [6.45, 7) is 3.33. The van der Waals surface area contributed by atoms with Crippen LogP contribution >= 0.6 is 0 Å². The van der Waals surface area contributed by atoms with Gasteiger partial charge in [-0.2, -0.15) is 0 Å². The summed E-state index contributed by atoms with van der Waals surface area (Å²) in [7, 11) is 0. The minimum atomic E-state index is -0.752. The Morgan fingerprint density at radius 2 is 1.96 bits per heavy atom. The van der Waals surface area contributed by atoms with Crippen LogP contribution in [0.3, 0.4) is 0 Å². The largest absolute Gasteiger partial charge is 0.441 e. The zero-order chi connectivity index (χ0) is 17.1. The number of carbonyl (C=O) groups is 2. The maximum Gasteiger partial charge on any atom is 0.304 e. The Bertz CT molecular complexity index is 799. The molecule has 122 valence electrons. The van der Waals surface area contributed by atoms with Crippen LogP contribution in [0.4, 0.5) is 0 Å². The number of hydrogen-bond donors (Lipinski definition) is 1. The van der Waals surface area contributed by atoms with E-state index < -0.39 is 12.2 Å². The quantitative estimate of drug-likeness (QED) is 0.882. The van der Waals surface area contributed by atoms with E-state index in [1.807, 2.05) is 43.3 Å². The molecule has 0 aliphatic carbocycles. The summed E-state index contributed by atoms with van der Waals surface area (Å²) < 4.78 is 5.38. The van der Waals surface area contributed by atoms with E-state index in [1.54, 1.807) is 18.5 Å². The molecule has 2 heterocycles. The number of benzene rings is 1. The van der Waals surface area contributed by atoms with Crippen molar-refractivity contribution < 1.29 is 14.3 Å². The second-order valence-corrected chi connectivity index (χ2v) is 5.77. The lowest BCUT2D eigenvalue weighted by molar-refractivity contribution is -0.150. The number of esters is 1. The highest BCUT2D eigenvalue weighted by Gasteiger charge is 2.35. The van der Waals surface area contributed by atoms with Crippen molar-refractivity contribution in [2.24, 2.45) is 0 Å². The van der Waals surface area contributed by atoms with Crippen molar-refractivity contribution in [3.8, 4) is 0 Å². The molecule has 0 saturated heterocycles. The highest BCUT2D eigenvalue weighted by Crippen LogP contribution is 2.37. The van der Waals surface area contributed by atoms with E-state index >= 15 is 0 Å². The SMILES string of the molecule is CC(=O)OC1NC(=O)C=C(c2cccc(C)c2)C1c1ccncc1. The van der Waals surface area contributed by atoms with Crippen LogP contribution in [0.1, 0.15) is 29.5 Å². The minimum absolute atomic E-state index is 0.275. The maximum absolute atomic E-state index is 12.1. The van der Waals surface area contributed by atoms with Gasteiger partial charge in [0.25, 0.3) is 0 Å². The van der Waals surface area contributed by atoms with Gasteiger partial charge < -0.3 is 10.1 Å². The third-order valence-corrected chi connectivity index (χ3v) is 3.92. The molecule has 1 aromatic carbocycles. The van der Waals surface area contributed by atoms with Crippen molar-refractivity contribution in [2.45, 2.75) is 26.0 Å².